The zero-order chi connectivity index (χ0) is 9.97. The monoisotopic (exact) mass is 214 g/mol. The molecule has 5 nitrogen and oxygen atoms in total. The second kappa shape index (κ2) is 4.18. The van der Waals surface area contributed by atoms with Crippen LogP contribution in [0.25, 0.3) is 0 Å². The quantitative estimate of drug-likeness (QED) is 0.719. The molecule has 1 saturated heterocycles. The Balaban J connectivity index is 1.84. The summed E-state index contributed by atoms with van der Waals surface area (Å²) in [6, 6.07) is 0. The van der Waals surface area contributed by atoms with Gasteiger partial charge in [0, 0.05) is 36.7 Å². The molecule has 6 heteroatoms. The molecule has 78 valence electrons. The van der Waals surface area contributed by atoms with Crippen LogP contribution < -0.4 is 5.32 Å². The summed E-state index contributed by atoms with van der Waals surface area (Å²) in [7, 11) is 1.02. The summed E-state index contributed by atoms with van der Waals surface area (Å²) >= 11 is 0. The standard InChI is InChI=1S/C8H14N4OS/c1-12-8(10-6-11-12)5-14(13)4-7-2-9-3-7/h6-7,9H,2-5H2,1H3. The van der Waals surface area contributed by atoms with Gasteiger partial charge >= 0.3 is 0 Å². The topological polar surface area (TPSA) is 59.8 Å². The Bertz CT molecular complexity index is 334. The predicted molar refractivity (Wildman–Crippen MR) is 54.1 cm³/mol. The SMILES string of the molecule is Cn1ncnc1CS(=O)CC1CNC1. The third-order valence-corrected chi connectivity index (χ3v) is 3.81. The Labute approximate surface area is 85.4 Å². The zero-order valence-electron chi connectivity index (χ0n) is 8.14. The van der Waals surface area contributed by atoms with Gasteiger partial charge in [0.05, 0.1) is 5.75 Å². The summed E-state index contributed by atoms with van der Waals surface area (Å²) in [5, 5.41) is 7.11. The largest absolute Gasteiger partial charge is 0.316 e. The Hall–Kier alpha value is -0.750. The van der Waals surface area contributed by atoms with Crippen LogP contribution in [-0.4, -0.2) is 37.8 Å². The number of hydrogen-bond donors (Lipinski definition) is 1. The molecule has 2 rings (SSSR count). The molecule has 1 N–H and O–H groups in total. The Kier molecular flexibility index (Phi) is 2.93. The van der Waals surface area contributed by atoms with Crippen molar-refractivity contribution in [3.8, 4) is 0 Å². The Morgan fingerprint density at radius 3 is 3.00 bits per heavy atom. The van der Waals surface area contributed by atoms with Gasteiger partial charge in [-0.15, -0.1) is 0 Å². The van der Waals surface area contributed by atoms with Crippen molar-refractivity contribution in [1.82, 2.24) is 20.1 Å². The van der Waals surface area contributed by atoms with Gasteiger partial charge in [-0.1, -0.05) is 0 Å². The predicted octanol–water partition coefficient (Wildman–Crippen LogP) is -0.717. The lowest BCUT2D eigenvalue weighted by molar-refractivity contribution is 0.382. The first-order valence-electron chi connectivity index (χ1n) is 4.64. The van der Waals surface area contributed by atoms with Crippen molar-refractivity contribution in [3.63, 3.8) is 0 Å². The van der Waals surface area contributed by atoms with Crippen LogP contribution in [0.2, 0.25) is 0 Å². The maximum absolute atomic E-state index is 11.7. The minimum atomic E-state index is -0.802. The van der Waals surface area contributed by atoms with E-state index in [9.17, 15) is 4.21 Å². The van der Waals surface area contributed by atoms with E-state index < -0.39 is 10.8 Å². The van der Waals surface area contributed by atoms with Gasteiger partial charge in [0.25, 0.3) is 0 Å². The van der Waals surface area contributed by atoms with Crippen LogP contribution in [0.4, 0.5) is 0 Å². The maximum Gasteiger partial charge on any atom is 0.139 e. The van der Waals surface area contributed by atoms with Crippen molar-refractivity contribution < 1.29 is 4.21 Å². The molecule has 0 aromatic carbocycles. The number of hydrogen-bond acceptors (Lipinski definition) is 4. The van der Waals surface area contributed by atoms with E-state index in [0.717, 1.165) is 24.7 Å². The van der Waals surface area contributed by atoms with E-state index in [4.69, 9.17) is 0 Å². The van der Waals surface area contributed by atoms with Gasteiger partial charge in [-0.05, 0) is 5.92 Å². The van der Waals surface area contributed by atoms with Crippen molar-refractivity contribution in [2.24, 2.45) is 13.0 Å². The van der Waals surface area contributed by atoms with Gasteiger partial charge in [0.15, 0.2) is 0 Å². The van der Waals surface area contributed by atoms with Gasteiger partial charge in [0.1, 0.15) is 12.2 Å². The van der Waals surface area contributed by atoms with Crippen molar-refractivity contribution in [2.75, 3.05) is 18.8 Å². The number of nitrogens with one attached hydrogen (secondary N) is 1. The molecule has 0 aliphatic carbocycles. The molecule has 1 aromatic rings. The molecule has 1 aliphatic heterocycles. The fraction of sp³-hybridized carbons (Fsp3) is 0.750. The smallest absolute Gasteiger partial charge is 0.139 e. The molecule has 0 spiro atoms. The fourth-order valence-electron chi connectivity index (χ4n) is 1.38. The van der Waals surface area contributed by atoms with Gasteiger partial charge in [-0.25, -0.2) is 4.98 Å². The Morgan fingerprint density at radius 2 is 2.50 bits per heavy atom. The first kappa shape index (κ1) is 9.79. The molecule has 1 aliphatic rings. The summed E-state index contributed by atoms with van der Waals surface area (Å²) in [4.78, 5) is 4.05. The van der Waals surface area contributed by atoms with Crippen LogP contribution in [0.3, 0.4) is 0 Å². The van der Waals surface area contributed by atoms with E-state index in [2.05, 4.69) is 15.4 Å². The van der Waals surface area contributed by atoms with Crippen molar-refractivity contribution in [2.45, 2.75) is 5.75 Å². The summed E-state index contributed by atoms with van der Waals surface area (Å²) < 4.78 is 13.3. The zero-order valence-corrected chi connectivity index (χ0v) is 8.96. The number of rotatable bonds is 4. The van der Waals surface area contributed by atoms with Crippen LogP contribution in [0.5, 0.6) is 0 Å². The third-order valence-electron chi connectivity index (χ3n) is 2.38. The van der Waals surface area contributed by atoms with E-state index in [1.54, 1.807) is 4.68 Å². The molecule has 1 aromatic heterocycles. The van der Waals surface area contributed by atoms with Crippen LogP contribution in [0.1, 0.15) is 5.82 Å². The lowest BCUT2D eigenvalue weighted by Crippen LogP contribution is -2.44. The van der Waals surface area contributed by atoms with Gasteiger partial charge in [-0.2, -0.15) is 5.10 Å². The lowest BCUT2D eigenvalue weighted by Gasteiger charge is -2.26. The average molecular weight is 214 g/mol. The van der Waals surface area contributed by atoms with Gasteiger partial charge in [-0.3, -0.25) is 8.89 Å². The van der Waals surface area contributed by atoms with Crippen LogP contribution >= 0.6 is 0 Å². The summed E-state index contributed by atoms with van der Waals surface area (Å²) in [6.07, 6.45) is 1.50. The molecular formula is C8H14N4OS. The van der Waals surface area contributed by atoms with Crippen LogP contribution in [0, 0.1) is 5.92 Å². The first-order valence-corrected chi connectivity index (χ1v) is 6.13. The molecule has 1 atom stereocenters. The molecule has 0 amide bonds. The fourth-order valence-corrected chi connectivity index (χ4v) is 2.81. The minimum absolute atomic E-state index is 0.521. The highest BCUT2D eigenvalue weighted by atomic mass is 32.2. The molecule has 0 radical (unpaired) electrons. The van der Waals surface area contributed by atoms with Crippen molar-refractivity contribution in [1.29, 1.82) is 0 Å². The normalized spacial score (nSPS) is 19.2. The van der Waals surface area contributed by atoms with Crippen molar-refractivity contribution in [3.05, 3.63) is 12.2 Å². The summed E-state index contributed by atoms with van der Waals surface area (Å²) in [6.45, 7) is 2.01. The second-order valence-corrected chi connectivity index (χ2v) is 5.08. The molecule has 0 bridgehead atoms. The first-order chi connectivity index (χ1) is 6.75. The molecular weight excluding hydrogens is 200 g/mol. The number of nitrogens with zero attached hydrogens (tertiary/aromatic N) is 3. The highest BCUT2D eigenvalue weighted by Crippen LogP contribution is 2.07. The maximum atomic E-state index is 11.7. The van der Waals surface area contributed by atoms with E-state index in [1.807, 2.05) is 7.05 Å². The Morgan fingerprint density at radius 1 is 1.71 bits per heavy atom. The van der Waals surface area contributed by atoms with Crippen LogP contribution in [0.15, 0.2) is 6.33 Å². The average Bonchev–Trinajstić information content (AvgIpc) is 2.45. The van der Waals surface area contributed by atoms with Gasteiger partial charge in [0.2, 0.25) is 0 Å². The minimum Gasteiger partial charge on any atom is -0.316 e. The summed E-state index contributed by atoms with van der Waals surface area (Å²) in [5.41, 5.74) is 0. The highest BCUT2D eigenvalue weighted by Gasteiger charge is 2.20. The summed E-state index contributed by atoms with van der Waals surface area (Å²) in [5.74, 6) is 2.69. The lowest BCUT2D eigenvalue weighted by atomic mass is 10.1. The number of aromatic nitrogens is 3. The molecule has 1 fully saturated rings. The second-order valence-electron chi connectivity index (χ2n) is 3.57. The van der Waals surface area contributed by atoms with E-state index >= 15 is 0 Å². The molecule has 1 unspecified atom stereocenters. The van der Waals surface area contributed by atoms with E-state index in [-0.39, 0.29) is 0 Å². The number of aryl methyl sites for hydroxylation is 1. The molecule has 14 heavy (non-hydrogen) atoms. The molecule has 2 heterocycles. The van der Waals surface area contributed by atoms with Gasteiger partial charge < -0.3 is 5.32 Å². The van der Waals surface area contributed by atoms with Crippen molar-refractivity contribution >= 4 is 10.8 Å². The molecule has 0 saturated carbocycles. The van der Waals surface area contributed by atoms with E-state index in [0.29, 0.717) is 11.7 Å². The third kappa shape index (κ3) is 2.19. The van der Waals surface area contributed by atoms with E-state index in [1.165, 1.54) is 6.33 Å². The van der Waals surface area contributed by atoms with Crippen LogP contribution in [-0.2, 0) is 23.6 Å². The highest BCUT2D eigenvalue weighted by molar-refractivity contribution is 7.84.